The largest absolute Gasteiger partial charge is 0.228 e. The van der Waals surface area contributed by atoms with Crippen LogP contribution in [0.25, 0.3) is 98.2 Å². The van der Waals surface area contributed by atoms with Gasteiger partial charge in [-0.25, -0.2) is 9.97 Å². The van der Waals surface area contributed by atoms with E-state index in [-0.39, 0.29) is 0 Å². The molecule has 0 saturated heterocycles. The topological polar surface area (TPSA) is 25.8 Å². The summed E-state index contributed by atoms with van der Waals surface area (Å²) in [5.41, 5.74) is 16.3. The lowest BCUT2D eigenvalue weighted by Gasteiger charge is -2.33. The lowest BCUT2D eigenvalue weighted by molar-refractivity contribution is 0.768. The maximum atomic E-state index is 5.49. The monoisotopic (exact) mass is 856 g/mol. The van der Waals surface area contributed by atoms with Crippen molar-refractivity contribution >= 4 is 42.3 Å². The molecule has 2 nitrogen and oxygen atoms in total. The first-order valence-electron chi connectivity index (χ1n) is 22.6. The van der Waals surface area contributed by atoms with Crippen LogP contribution in [0.4, 0.5) is 0 Å². The normalized spacial score (nSPS) is 12.7. The highest BCUT2D eigenvalue weighted by molar-refractivity contribution is 7.25. The minimum Gasteiger partial charge on any atom is -0.228 e. The van der Waals surface area contributed by atoms with E-state index in [1.165, 1.54) is 75.5 Å². The molecule has 3 heteroatoms. The van der Waals surface area contributed by atoms with Crippen LogP contribution in [-0.2, 0) is 5.41 Å². The van der Waals surface area contributed by atoms with E-state index >= 15 is 0 Å². The average molecular weight is 857 g/mol. The molecule has 2 aromatic heterocycles. The molecule has 1 aliphatic carbocycles. The van der Waals surface area contributed by atoms with Crippen LogP contribution in [-0.4, -0.2) is 9.97 Å². The van der Waals surface area contributed by atoms with Gasteiger partial charge in [-0.3, -0.25) is 0 Å². The Morgan fingerprint density at radius 1 is 0.318 bits per heavy atom. The molecule has 66 heavy (non-hydrogen) atoms. The van der Waals surface area contributed by atoms with E-state index < -0.39 is 5.41 Å². The smallest absolute Gasteiger partial charge is 0.160 e. The number of rotatable bonds is 7. The number of thiophene rings is 1. The average Bonchev–Trinajstić information content (AvgIpc) is 3.93. The first kappa shape index (κ1) is 38.2. The second kappa shape index (κ2) is 15.5. The predicted octanol–water partition coefficient (Wildman–Crippen LogP) is 16.7. The number of hydrogen-bond acceptors (Lipinski definition) is 3. The van der Waals surface area contributed by atoms with Crippen LogP contribution in [0.1, 0.15) is 22.3 Å². The fourth-order valence-electron chi connectivity index (χ4n) is 10.6. The van der Waals surface area contributed by atoms with Crippen molar-refractivity contribution in [3.63, 3.8) is 0 Å². The van der Waals surface area contributed by atoms with Crippen molar-refractivity contribution in [1.29, 1.82) is 0 Å². The first-order chi connectivity index (χ1) is 32.7. The van der Waals surface area contributed by atoms with Crippen LogP contribution in [0, 0.1) is 0 Å². The zero-order valence-electron chi connectivity index (χ0n) is 35.9. The fourth-order valence-corrected chi connectivity index (χ4v) is 11.7. The molecule has 0 spiro atoms. The Hall–Kier alpha value is -8.24. The highest BCUT2D eigenvalue weighted by Gasteiger charge is 2.46. The van der Waals surface area contributed by atoms with E-state index in [9.17, 15) is 0 Å². The second-order valence-electron chi connectivity index (χ2n) is 17.2. The van der Waals surface area contributed by atoms with Crippen molar-refractivity contribution in [2.24, 2.45) is 0 Å². The van der Waals surface area contributed by atoms with Crippen molar-refractivity contribution in [2.75, 3.05) is 0 Å². The maximum absolute atomic E-state index is 5.49. The number of hydrogen-bond donors (Lipinski definition) is 0. The highest BCUT2D eigenvalue weighted by Crippen LogP contribution is 2.58. The summed E-state index contributed by atoms with van der Waals surface area (Å²) < 4.78 is 2.59. The predicted molar refractivity (Wildman–Crippen MR) is 277 cm³/mol. The Kier molecular flexibility index (Phi) is 8.97. The van der Waals surface area contributed by atoms with E-state index in [2.05, 4.69) is 243 Å². The maximum Gasteiger partial charge on any atom is 0.160 e. The molecule has 0 unspecified atom stereocenters. The van der Waals surface area contributed by atoms with E-state index in [1.807, 2.05) is 11.3 Å². The molecule has 308 valence electrons. The zero-order valence-corrected chi connectivity index (χ0v) is 36.7. The molecule has 2 heterocycles. The Bertz CT molecular complexity index is 3770. The van der Waals surface area contributed by atoms with Gasteiger partial charge in [-0.2, -0.15) is 0 Å². The van der Waals surface area contributed by atoms with E-state index in [4.69, 9.17) is 9.97 Å². The third-order valence-corrected chi connectivity index (χ3v) is 14.7. The van der Waals surface area contributed by atoms with Crippen LogP contribution in [0.5, 0.6) is 0 Å². The SMILES string of the molecule is c1ccc(-c2nc(-c3cc(-c4ccc5sc6ccccc6c5c4)cc(-c4cccc5ccccc45)c3)cc(-c3cccc4c3-c3ccccc3C4(c3ccccc3)c3ccccc3)n2)cc1. The summed E-state index contributed by atoms with van der Waals surface area (Å²) in [5.74, 6) is 0.688. The summed E-state index contributed by atoms with van der Waals surface area (Å²) in [7, 11) is 0. The molecule has 13 rings (SSSR count). The molecule has 1 aliphatic rings. The minimum absolute atomic E-state index is 0.529. The third kappa shape index (κ3) is 6.09. The first-order valence-corrected chi connectivity index (χ1v) is 23.4. The number of benzene rings is 10. The standard InChI is InChI=1S/C63H40N2S/c1-4-19-42(20-5-1)62-64-57(40-58(65-62)53-30-17-32-56-61(53)52-28-12-14-31-55(52)63(56,47-22-6-2-7-23-47)48-24-8-3-9-25-48)46-37-44(36-45(38-46)50-29-16-21-41-18-10-11-26-49(41)50)43-34-35-60-54(39-43)51-27-13-15-33-59(51)66-60/h1-40H. The fraction of sp³-hybridized carbons (Fsp3) is 0.0159. The van der Waals surface area contributed by atoms with Gasteiger partial charge in [0.2, 0.25) is 0 Å². The van der Waals surface area contributed by atoms with Crippen LogP contribution < -0.4 is 0 Å². The summed E-state index contributed by atoms with van der Waals surface area (Å²) in [6, 6.07) is 88.3. The van der Waals surface area contributed by atoms with Gasteiger partial charge < -0.3 is 0 Å². The summed E-state index contributed by atoms with van der Waals surface area (Å²) in [4.78, 5) is 11.0. The van der Waals surface area contributed by atoms with Gasteiger partial charge in [0.15, 0.2) is 5.82 Å². The molecular formula is C63H40N2S. The Morgan fingerprint density at radius 3 is 1.71 bits per heavy atom. The summed E-state index contributed by atoms with van der Waals surface area (Å²) in [6.45, 7) is 0. The van der Waals surface area contributed by atoms with Crippen molar-refractivity contribution in [2.45, 2.75) is 5.41 Å². The number of aromatic nitrogens is 2. The summed E-state index contributed by atoms with van der Waals surface area (Å²) in [5, 5.41) is 5.00. The summed E-state index contributed by atoms with van der Waals surface area (Å²) >= 11 is 1.85. The van der Waals surface area contributed by atoms with Crippen LogP contribution in [0.15, 0.2) is 243 Å². The van der Waals surface area contributed by atoms with Gasteiger partial charge in [-0.15, -0.1) is 11.3 Å². The quantitative estimate of drug-likeness (QED) is 0.160. The van der Waals surface area contributed by atoms with Gasteiger partial charge in [-0.05, 0) is 109 Å². The molecular weight excluding hydrogens is 817 g/mol. The molecule has 10 aromatic carbocycles. The molecule has 12 aromatic rings. The van der Waals surface area contributed by atoms with Gasteiger partial charge >= 0.3 is 0 Å². The minimum atomic E-state index is -0.529. The van der Waals surface area contributed by atoms with Crippen molar-refractivity contribution in [3.8, 4) is 67.3 Å². The highest BCUT2D eigenvalue weighted by atomic mass is 32.1. The lowest BCUT2D eigenvalue weighted by Crippen LogP contribution is -2.28. The molecule has 0 saturated carbocycles. The molecule has 0 fully saturated rings. The van der Waals surface area contributed by atoms with Crippen molar-refractivity contribution < 1.29 is 0 Å². The number of fused-ring (bicyclic) bond motifs is 7. The lowest BCUT2D eigenvalue weighted by atomic mass is 9.67. The molecule has 0 radical (unpaired) electrons. The zero-order chi connectivity index (χ0) is 43.6. The van der Waals surface area contributed by atoms with Crippen LogP contribution in [0.3, 0.4) is 0 Å². The Morgan fingerprint density at radius 2 is 0.894 bits per heavy atom. The molecule has 0 atom stereocenters. The Balaban J connectivity index is 1.07. The third-order valence-electron chi connectivity index (χ3n) is 13.6. The van der Waals surface area contributed by atoms with Crippen molar-refractivity contribution in [1.82, 2.24) is 9.97 Å². The van der Waals surface area contributed by atoms with Gasteiger partial charge in [0, 0.05) is 36.9 Å². The van der Waals surface area contributed by atoms with Gasteiger partial charge in [-0.1, -0.05) is 200 Å². The molecule has 0 N–H and O–H groups in total. The molecule has 0 bridgehead atoms. The Labute approximate surface area is 387 Å². The van der Waals surface area contributed by atoms with E-state index in [0.29, 0.717) is 5.82 Å². The molecule has 0 aliphatic heterocycles. The number of nitrogens with zero attached hydrogens (tertiary/aromatic N) is 2. The molecule has 0 amide bonds. The van der Waals surface area contributed by atoms with Crippen LogP contribution in [0.2, 0.25) is 0 Å². The second-order valence-corrected chi connectivity index (χ2v) is 18.3. The summed E-state index contributed by atoms with van der Waals surface area (Å²) in [6.07, 6.45) is 0. The van der Waals surface area contributed by atoms with Gasteiger partial charge in [0.1, 0.15) is 0 Å². The van der Waals surface area contributed by atoms with E-state index in [1.54, 1.807) is 0 Å². The van der Waals surface area contributed by atoms with Gasteiger partial charge in [0.05, 0.1) is 16.8 Å². The van der Waals surface area contributed by atoms with E-state index in [0.717, 1.165) is 39.2 Å². The van der Waals surface area contributed by atoms with Crippen molar-refractivity contribution in [3.05, 3.63) is 265 Å². The van der Waals surface area contributed by atoms with Gasteiger partial charge in [0.25, 0.3) is 0 Å². The van der Waals surface area contributed by atoms with Crippen LogP contribution >= 0.6 is 11.3 Å².